The third kappa shape index (κ3) is 10.7. The molecule has 3 N–H and O–H groups in total. The van der Waals surface area contributed by atoms with E-state index in [0.717, 1.165) is 5.41 Å². The maximum Gasteiger partial charge on any atom is 1.00 e. The molecule has 0 aliphatic heterocycles. The van der Waals surface area contributed by atoms with Crippen LogP contribution in [-0.2, 0) is 24.9 Å². The molecule has 0 spiro atoms. The van der Waals surface area contributed by atoms with Gasteiger partial charge in [-0.05, 0) is 23.8 Å². The van der Waals surface area contributed by atoms with Crippen LogP contribution in [0.2, 0.25) is 0 Å². The Morgan fingerprint density at radius 1 is 0.972 bits per heavy atom. The summed E-state index contributed by atoms with van der Waals surface area (Å²) in [6.45, 7) is 0. The van der Waals surface area contributed by atoms with Crippen LogP contribution in [0, 0.1) is 0 Å². The maximum absolute atomic E-state index is 12.8. The number of sulfone groups is 1. The number of benzene rings is 2. The summed E-state index contributed by atoms with van der Waals surface area (Å²) in [5.74, 6) is 0.00796. The molecule has 1 amide bonds. The molecule has 0 aromatic heterocycles. The molecule has 0 radical (unpaired) electrons. The molecule has 15 heteroatoms. The molecule has 190 valence electrons. The molecule has 0 heterocycles. The predicted molar refractivity (Wildman–Crippen MR) is 129 cm³/mol. The molecule has 0 saturated carbocycles. The summed E-state index contributed by atoms with van der Waals surface area (Å²) in [6, 6.07) is 7.47. The van der Waals surface area contributed by atoms with Crippen molar-refractivity contribution >= 4 is 35.1 Å². The topological polar surface area (TPSA) is 158 Å². The van der Waals surface area contributed by atoms with Crippen LogP contribution in [0.25, 0.3) is 6.08 Å². The predicted octanol–water partition coefficient (Wildman–Crippen LogP) is -3.34. The van der Waals surface area contributed by atoms with Crippen LogP contribution in [0.5, 0.6) is 23.0 Å². The molecule has 11 nitrogen and oxygen atoms in total. The average Bonchev–Trinajstić information content (AvgIpc) is 2.75. The van der Waals surface area contributed by atoms with Crippen molar-refractivity contribution < 1.29 is 108 Å². The Hall–Kier alpha value is -1.05. The number of carbonyl (C=O) groups is 1. The summed E-state index contributed by atoms with van der Waals surface area (Å²) in [4.78, 5) is 29.8. The van der Waals surface area contributed by atoms with Crippen molar-refractivity contribution in [1.82, 2.24) is 0 Å². The normalized spacial score (nSPS) is 11.2. The van der Waals surface area contributed by atoms with Crippen LogP contribution in [0.4, 0.5) is 5.69 Å². The molecular formula is C21H28NNa2O10PS. The molecule has 0 saturated heterocycles. The van der Waals surface area contributed by atoms with E-state index in [1.165, 1.54) is 52.7 Å². The number of ether oxygens (including phenoxy) is 4. The third-order valence-corrected chi connectivity index (χ3v) is 6.44. The summed E-state index contributed by atoms with van der Waals surface area (Å²) < 4.78 is 57.5. The molecule has 0 aliphatic rings. The summed E-state index contributed by atoms with van der Waals surface area (Å²) in [5, 5.41) is 3.34. The van der Waals surface area contributed by atoms with Gasteiger partial charge in [-0.25, -0.2) is 8.42 Å². The van der Waals surface area contributed by atoms with E-state index < -0.39 is 35.3 Å². The fraction of sp³-hybridized carbons (Fsp3) is 0.286. The fourth-order valence-electron chi connectivity index (χ4n) is 2.97. The summed E-state index contributed by atoms with van der Waals surface area (Å²) in [5.41, 5.74) is 0.788. The van der Waals surface area contributed by atoms with Crippen molar-refractivity contribution in [2.24, 2.45) is 0 Å². The Labute approximate surface area is 257 Å². The van der Waals surface area contributed by atoms with Gasteiger partial charge in [0.1, 0.15) is 29.2 Å². The van der Waals surface area contributed by atoms with Gasteiger partial charge >= 0.3 is 66.7 Å². The van der Waals surface area contributed by atoms with Crippen LogP contribution in [0.3, 0.4) is 0 Å². The largest absolute Gasteiger partial charge is 1.00 e. The van der Waals surface area contributed by atoms with E-state index in [9.17, 15) is 17.8 Å². The molecular weight excluding hydrogens is 535 g/mol. The standard InChI is InChI=1S/C21H26NO10PS.2Na.2H/c1-29-15-10-19(31-3)16(20(11-15)32-4)7-8-34(27,28)13-14-5-6-18(30-2)17(9-14)22-21(23)12-33(24,25)26;;;;/h5-11H,12-13H2,1-4H3,(H,22,23)(H2,24,25,26);;;;/q;2*+1;2*-1/b8-7+;;;;. The molecule has 2 aromatic carbocycles. The minimum Gasteiger partial charge on any atom is -1.00 e. The number of methoxy groups -OCH3 is 4. The number of anilines is 1. The molecule has 0 aliphatic carbocycles. The zero-order chi connectivity index (χ0) is 25.5. The van der Waals surface area contributed by atoms with E-state index in [-0.39, 0.29) is 73.4 Å². The van der Waals surface area contributed by atoms with Gasteiger partial charge in [-0.3, -0.25) is 9.36 Å². The van der Waals surface area contributed by atoms with Crippen molar-refractivity contribution in [2.75, 3.05) is 39.9 Å². The third-order valence-electron chi connectivity index (χ3n) is 4.45. The fourth-order valence-corrected chi connectivity index (χ4v) is 4.51. The molecule has 0 bridgehead atoms. The zero-order valence-electron chi connectivity index (χ0n) is 23.0. The van der Waals surface area contributed by atoms with E-state index in [0.29, 0.717) is 28.4 Å². The SMILES string of the molecule is COc1cc(OC)c(/C=C/S(=O)(=O)Cc2ccc(OC)c(NC(=O)CP(=O)(O)O)c2)c(OC)c1.[H-].[H-].[Na+].[Na+]. The Balaban J connectivity index is -0.00000306. The Kier molecular flexibility index (Phi) is 14.9. The smallest absolute Gasteiger partial charge is 1.00 e. The van der Waals surface area contributed by atoms with E-state index in [2.05, 4.69) is 5.32 Å². The van der Waals surface area contributed by atoms with E-state index in [1.54, 1.807) is 12.1 Å². The number of hydrogen-bond donors (Lipinski definition) is 3. The molecule has 0 atom stereocenters. The van der Waals surface area contributed by atoms with Crippen molar-refractivity contribution in [3.63, 3.8) is 0 Å². The first-order valence-electron chi connectivity index (χ1n) is 9.63. The molecule has 36 heavy (non-hydrogen) atoms. The second-order valence-corrected chi connectivity index (χ2v) is 10.5. The zero-order valence-corrected chi connectivity index (χ0v) is 26.7. The van der Waals surface area contributed by atoms with Gasteiger partial charge in [0.15, 0.2) is 9.84 Å². The van der Waals surface area contributed by atoms with Gasteiger partial charge in [-0.2, -0.15) is 0 Å². The molecule has 2 rings (SSSR count). The number of nitrogens with one attached hydrogen (secondary N) is 1. The van der Waals surface area contributed by atoms with Crippen molar-refractivity contribution in [3.05, 3.63) is 46.9 Å². The van der Waals surface area contributed by atoms with Gasteiger partial charge < -0.3 is 36.9 Å². The second-order valence-electron chi connectivity index (χ2n) is 6.96. The van der Waals surface area contributed by atoms with E-state index in [4.69, 9.17) is 28.7 Å². The molecule has 2 aromatic rings. The summed E-state index contributed by atoms with van der Waals surface area (Å²) in [6.07, 6.45) is 0.325. The Morgan fingerprint density at radius 2 is 1.53 bits per heavy atom. The van der Waals surface area contributed by atoms with E-state index in [1.807, 2.05) is 0 Å². The molecule has 0 unspecified atom stereocenters. The minimum atomic E-state index is -4.57. The summed E-state index contributed by atoms with van der Waals surface area (Å²) in [7, 11) is -2.69. The minimum absolute atomic E-state index is 0. The van der Waals surface area contributed by atoms with Crippen LogP contribution >= 0.6 is 7.60 Å². The summed E-state index contributed by atoms with van der Waals surface area (Å²) >= 11 is 0. The number of carbonyl (C=O) groups excluding carboxylic acids is 1. The average molecular weight is 563 g/mol. The van der Waals surface area contributed by atoms with Crippen molar-refractivity contribution in [3.8, 4) is 23.0 Å². The number of amides is 1. The van der Waals surface area contributed by atoms with Crippen LogP contribution in [0.1, 0.15) is 14.0 Å². The van der Waals surface area contributed by atoms with Gasteiger partial charge in [-0.1, -0.05) is 6.07 Å². The van der Waals surface area contributed by atoms with Crippen molar-refractivity contribution in [2.45, 2.75) is 5.75 Å². The Bertz CT molecular complexity index is 1220. The Morgan fingerprint density at radius 3 is 2.00 bits per heavy atom. The van der Waals surface area contributed by atoms with Crippen LogP contribution in [0.15, 0.2) is 35.7 Å². The molecule has 0 fully saturated rings. The van der Waals surface area contributed by atoms with Gasteiger partial charge in [0.05, 0.1) is 45.4 Å². The van der Waals surface area contributed by atoms with Gasteiger partial charge in [0.2, 0.25) is 5.91 Å². The van der Waals surface area contributed by atoms with Gasteiger partial charge in [0, 0.05) is 17.5 Å². The first-order valence-corrected chi connectivity index (χ1v) is 13.1. The second kappa shape index (κ2) is 15.4. The van der Waals surface area contributed by atoms with Crippen LogP contribution < -0.4 is 83.4 Å². The van der Waals surface area contributed by atoms with Crippen LogP contribution in [-0.4, -0.2) is 58.7 Å². The monoisotopic (exact) mass is 563 g/mol. The number of rotatable bonds is 11. The first-order chi connectivity index (χ1) is 15.9. The number of hydrogen-bond acceptors (Lipinski definition) is 8. The van der Waals surface area contributed by atoms with Crippen molar-refractivity contribution in [1.29, 1.82) is 0 Å². The van der Waals surface area contributed by atoms with Gasteiger partial charge in [0.25, 0.3) is 0 Å². The first kappa shape index (κ1) is 35.0. The maximum atomic E-state index is 12.8. The van der Waals surface area contributed by atoms with E-state index >= 15 is 0 Å². The van der Waals surface area contributed by atoms with Gasteiger partial charge in [-0.15, -0.1) is 0 Å². The quantitative estimate of drug-likeness (QED) is 0.187.